The number of likely N-dealkylation sites (tertiary alicyclic amines) is 1. The van der Waals surface area contributed by atoms with Gasteiger partial charge >= 0.3 is 0 Å². The van der Waals surface area contributed by atoms with Crippen molar-refractivity contribution in [3.63, 3.8) is 0 Å². The first kappa shape index (κ1) is 32.7. The van der Waals surface area contributed by atoms with Crippen LogP contribution < -0.4 is 0 Å². The molecule has 7 aromatic rings. The van der Waals surface area contributed by atoms with Gasteiger partial charge in [0.25, 0.3) is 0 Å². The fourth-order valence-electron chi connectivity index (χ4n) is 8.04. The molecule has 9 nitrogen and oxygen atoms in total. The van der Waals surface area contributed by atoms with Gasteiger partial charge in [-0.2, -0.15) is 0 Å². The molecule has 1 saturated carbocycles. The predicted molar refractivity (Wildman–Crippen MR) is 206 cm³/mol. The highest BCUT2D eigenvalue weighted by Gasteiger charge is 2.32. The molecule has 1 amide bonds. The summed E-state index contributed by atoms with van der Waals surface area (Å²) in [6.07, 6.45) is 14.3. The maximum absolute atomic E-state index is 13.2. The average Bonchev–Trinajstić information content (AvgIpc) is 4.01. The van der Waals surface area contributed by atoms with Gasteiger partial charge in [0.15, 0.2) is 5.78 Å². The monoisotopic (exact) mass is 697 g/mol. The molecule has 4 aromatic heterocycles. The van der Waals surface area contributed by atoms with E-state index in [9.17, 15) is 9.59 Å². The topological polar surface area (TPSA) is 121 Å². The maximum Gasteiger partial charge on any atom is 0.227 e. The molecule has 2 aliphatic rings. The first-order chi connectivity index (χ1) is 26.0. The van der Waals surface area contributed by atoms with E-state index in [0.717, 1.165) is 111 Å². The minimum atomic E-state index is -0.0543. The van der Waals surface area contributed by atoms with E-state index >= 15 is 0 Å². The fourth-order valence-corrected chi connectivity index (χ4v) is 8.04. The van der Waals surface area contributed by atoms with Crippen LogP contribution in [0.3, 0.4) is 0 Å². The van der Waals surface area contributed by atoms with E-state index in [0.29, 0.717) is 12.8 Å². The van der Waals surface area contributed by atoms with Crippen molar-refractivity contribution in [3.8, 4) is 22.3 Å². The molecule has 262 valence electrons. The van der Waals surface area contributed by atoms with Crippen LogP contribution in [0.25, 0.3) is 44.3 Å². The number of nitrogens with one attached hydrogen (secondary N) is 2. The van der Waals surface area contributed by atoms with Gasteiger partial charge in [0.1, 0.15) is 11.6 Å². The van der Waals surface area contributed by atoms with Crippen molar-refractivity contribution in [3.05, 3.63) is 144 Å². The van der Waals surface area contributed by atoms with Gasteiger partial charge in [-0.05, 0) is 108 Å². The number of aromatic amines is 2. The highest BCUT2D eigenvalue weighted by atomic mass is 16.2. The number of hydrogen-bond donors (Lipinski definition) is 2. The standard InChI is InChI=1S/C44H39N7O2/c52-35(21-28-5-2-18-45-26-28)23-34-7-1-8-36(34)43-47-37-16-14-32(24-39(37)49-43)30-10-12-31(13-11-30)33-15-17-38-40(25-33)50-44(48-38)41-9-4-20-51(41)42(53)22-29-6-3-19-46-27-29/h2-3,5-6,10-19,23-27,36,41H,1,4,7-9,20-22H2,(H,47,49)(H,48,50). The number of hydrogen-bond acceptors (Lipinski definition) is 6. The second-order valence-electron chi connectivity index (χ2n) is 14.2. The normalized spacial score (nSPS) is 18.0. The van der Waals surface area contributed by atoms with Crippen LogP contribution in [-0.4, -0.2) is 53.0 Å². The zero-order chi connectivity index (χ0) is 35.7. The molecule has 2 atom stereocenters. The van der Waals surface area contributed by atoms with Crippen LogP contribution in [0.15, 0.2) is 121 Å². The van der Waals surface area contributed by atoms with Gasteiger partial charge in [-0.1, -0.05) is 54.1 Å². The molecule has 2 unspecified atom stereocenters. The second kappa shape index (κ2) is 14.1. The lowest BCUT2D eigenvalue weighted by atomic mass is 9.99. The van der Waals surface area contributed by atoms with Crippen LogP contribution in [0.1, 0.15) is 66.8 Å². The Morgan fingerprint density at radius 3 is 1.94 bits per heavy atom. The maximum atomic E-state index is 13.2. The molecular weight excluding hydrogens is 659 g/mol. The number of pyridine rings is 2. The largest absolute Gasteiger partial charge is 0.341 e. The Labute approximate surface area is 307 Å². The van der Waals surface area contributed by atoms with Crippen LogP contribution in [0.2, 0.25) is 0 Å². The predicted octanol–water partition coefficient (Wildman–Crippen LogP) is 8.48. The van der Waals surface area contributed by atoms with E-state index in [1.165, 1.54) is 0 Å². The summed E-state index contributed by atoms with van der Waals surface area (Å²) >= 11 is 0. The Balaban J connectivity index is 0.900. The molecule has 5 heterocycles. The van der Waals surface area contributed by atoms with Gasteiger partial charge in [-0.15, -0.1) is 0 Å². The molecule has 2 fully saturated rings. The summed E-state index contributed by atoms with van der Waals surface area (Å²) in [6, 6.07) is 28.9. The highest BCUT2D eigenvalue weighted by Crippen LogP contribution is 2.39. The molecule has 53 heavy (non-hydrogen) atoms. The Morgan fingerprint density at radius 2 is 1.30 bits per heavy atom. The molecule has 1 aliphatic carbocycles. The summed E-state index contributed by atoms with van der Waals surface area (Å²) in [5.41, 5.74) is 11.3. The van der Waals surface area contributed by atoms with Crippen molar-refractivity contribution >= 4 is 33.8 Å². The van der Waals surface area contributed by atoms with Crippen molar-refractivity contribution in [1.29, 1.82) is 0 Å². The number of carbonyl (C=O) groups excluding carboxylic acids is 2. The lowest BCUT2D eigenvalue weighted by Gasteiger charge is -2.23. The van der Waals surface area contributed by atoms with E-state index in [4.69, 9.17) is 9.97 Å². The van der Waals surface area contributed by atoms with E-state index in [1.54, 1.807) is 24.8 Å². The van der Waals surface area contributed by atoms with Crippen molar-refractivity contribution in [1.82, 2.24) is 34.8 Å². The van der Waals surface area contributed by atoms with Gasteiger partial charge in [-0.25, -0.2) is 9.97 Å². The third-order valence-corrected chi connectivity index (χ3v) is 10.7. The van der Waals surface area contributed by atoms with Crippen LogP contribution in [-0.2, 0) is 22.4 Å². The first-order valence-corrected chi connectivity index (χ1v) is 18.4. The summed E-state index contributed by atoms with van der Waals surface area (Å²) in [5.74, 6) is 2.12. The molecule has 0 spiro atoms. The zero-order valence-electron chi connectivity index (χ0n) is 29.3. The van der Waals surface area contributed by atoms with Crippen LogP contribution in [0, 0.1) is 0 Å². The van der Waals surface area contributed by atoms with E-state index < -0.39 is 0 Å². The summed E-state index contributed by atoms with van der Waals surface area (Å²) in [5, 5.41) is 0. The minimum Gasteiger partial charge on any atom is -0.341 e. The molecule has 9 heteroatoms. The van der Waals surface area contributed by atoms with Gasteiger partial charge < -0.3 is 14.9 Å². The number of fused-ring (bicyclic) bond motifs is 2. The van der Waals surface area contributed by atoms with Crippen LogP contribution >= 0.6 is 0 Å². The van der Waals surface area contributed by atoms with Crippen LogP contribution in [0.4, 0.5) is 0 Å². The number of carbonyl (C=O) groups is 2. The Morgan fingerprint density at radius 1 is 0.698 bits per heavy atom. The SMILES string of the molecule is O=C(C=C1CCCC1c1nc2ccc(-c3ccc(-c4ccc5nc(C6CCCN6C(=O)Cc6cccnc6)[nH]c5c4)cc3)cc2[nH]1)Cc1cccnc1. The fraction of sp³-hybridized carbons (Fsp3) is 0.227. The van der Waals surface area contributed by atoms with E-state index in [2.05, 4.69) is 80.6 Å². The molecule has 1 aliphatic heterocycles. The number of allylic oxidation sites excluding steroid dienone is 2. The van der Waals surface area contributed by atoms with Gasteiger partial charge in [0, 0.05) is 43.7 Å². The second-order valence-corrected chi connectivity index (χ2v) is 14.2. The number of H-pyrrole nitrogens is 2. The third kappa shape index (κ3) is 6.78. The number of imidazole rings is 2. The Kier molecular flexibility index (Phi) is 8.67. The number of amides is 1. The smallest absolute Gasteiger partial charge is 0.227 e. The Bertz CT molecular complexity index is 2470. The highest BCUT2D eigenvalue weighted by molar-refractivity contribution is 5.92. The first-order valence-electron chi connectivity index (χ1n) is 18.4. The molecule has 1 saturated heterocycles. The average molecular weight is 698 g/mol. The molecule has 0 bridgehead atoms. The number of ketones is 1. The number of nitrogens with zero attached hydrogens (tertiary/aromatic N) is 5. The zero-order valence-corrected chi connectivity index (χ0v) is 29.3. The molecule has 3 aromatic carbocycles. The van der Waals surface area contributed by atoms with Crippen LogP contribution in [0.5, 0.6) is 0 Å². The molecular formula is C44H39N7O2. The lowest BCUT2D eigenvalue weighted by Crippen LogP contribution is -2.32. The van der Waals surface area contributed by atoms with Crippen molar-refractivity contribution in [2.24, 2.45) is 0 Å². The van der Waals surface area contributed by atoms with Gasteiger partial charge in [0.2, 0.25) is 5.91 Å². The lowest BCUT2D eigenvalue weighted by molar-refractivity contribution is -0.131. The number of rotatable bonds is 9. The van der Waals surface area contributed by atoms with Gasteiger partial charge in [-0.3, -0.25) is 19.6 Å². The van der Waals surface area contributed by atoms with Gasteiger partial charge in [0.05, 0.1) is 34.5 Å². The summed E-state index contributed by atoms with van der Waals surface area (Å²) in [6.45, 7) is 0.738. The molecule has 2 N–H and O–H groups in total. The summed E-state index contributed by atoms with van der Waals surface area (Å²) in [4.78, 5) is 53.4. The van der Waals surface area contributed by atoms with Crippen molar-refractivity contribution < 1.29 is 9.59 Å². The number of aromatic nitrogens is 6. The molecule has 9 rings (SSSR count). The number of benzene rings is 3. The molecule has 0 radical (unpaired) electrons. The quantitative estimate of drug-likeness (QED) is 0.146. The van der Waals surface area contributed by atoms with Crippen molar-refractivity contribution in [2.45, 2.75) is 56.9 Å². The van der Waals surface area contributed by atoms with E-state index in [1.807, 2.05) is 35.2 Å². The minimum absolute atomic E-state index is 0.0543. The van der Waals surface area contributed by atoms with Crippen molar-refractivity contribution in [2.75, 3.05) is 6.54 Å². The Hall–Kier alpha value is -6.22. The summed E-state index contributed by atoms with van der Waals surface area (Å²) in [7, 11) is 0. The third-order valence-electron chi connectivity index (χ3n) is 10.7. The summed E-state index contributed by atoms with van der Waals surface area (Å²) < 4.78 is 0. The van der Waals surface area contributed by atoms with E-state index in [-0.39, 0.29) is 23.7 Å².